The molecule has 0 aromatic heterocycles. The van der Waals surface area contributed by atoms with Gasteiger partial charge in [-0.15, -0.1) is 0 Å². The average Bonchev–Trinajstić information content (AvgIpc) is 2.07. The van der Waals surface area contributed by atoms with Crippen molar-refractivity contribution in [3.8, 4) is 0 Å². The number of nitrogens with two attached hydrogens (primary N) is 2. The van der Waals surface area contributed by atoms with E-state index in [1.54, 1.807) is 0 Å². The summed E-state index contributed by atoms with van der Waals surface area (Å²) in [5, 5.41) is 0. The molecule has 1 rings (SSSR count). The molecule has 0 aliphatic carbocycles. The zero-order valence-corrected chi connectivity index (χ0v) is 6.38. The molecule has 0 heterocycles. The van der Waals surface area contributed by atoms with Crippen molar-refractivity contribution in [2.24, 2.45) is 11.6 Å². The van der Waals surface area contributed by atoms with E-state index in [9.17, 15) is 0 Å². The third-order valence-electron chi connectivity index (χ3n) is 1.55. The number of hydrazine groups is 1. The molecule has 0 bridgehead atoms. The molecule has 60 valence electrons. The van der Waals surface area contributed by atoms with Gasteiger partial charge in [-0.25, -0.2) is 0 Å². The SMILES string of the molecule is NCCc1ccc(NN)cc1. The Labute approximate surface area is 66.4 Å². The summed E-state index contributed by atoms with van der Waals surface area (Å²) >= 11 is 0. The molecule has 3 nitrogen and oxygen atoms in total. The van der Waals surface area contributed by atoms with Crippen LogP contribution in [0.25, 0.3) is 0 Å². The van der Waals surface area contributed by atoms with Gasteiger partial charge in [-0.05, 0) is 30.7 Å². The normalized spacial score (nSPS) is 9.64. The van der Waals surface area contributed by atoms with Gasteiger partial charge in [0, 0.05) is 5.69 Å². The number of anilines is 1. The zero-order chi connectivity index (χ0) is 8.10. The number of rotatable bonds is 3. The third kappa shape index (κ3) is 2.22. The minimum atomic E-state index is 0.690. The molecule has 0 amide bonds. The number of hydrogen-bond acceptors (Lipinski definition) is 3. The van der Waals surface area contributed by atoms with Gasteiger partial charge in [0.2, 0.25) is 0 Å². The molecule has 0 fully saturated rings. The van der Waals surface area contributed by atoms with Crippen molar-refractivity contribution in [1.82, 2.24) is 0 Å². The molecule has 0 radical (unpaired) electrons. The van der Waals surface area contributed by atoms with Crippen LogP contribution in [0.2, 0.25) is 0 Å². The van der Waals surface area contributed by atoms with E-state index in [1.165, 1.54) is 5.56 Å². The fourth-order valence-electron chi connectivity index (χ4n) is 0.934. The molecule has 0 aliphatic heterocycles. The second-order valence-electron chi connectivity index (χ2n) is 2.38. The lowest BCUT2D eigenvalue weighted by molar-refractivity contribution is 0.969. The molecule has 1 aromatic carbocycles. The number of benzene rings is 1. The summed E-state index contributed by atoms with van der Waals surface area (Å²) in [6.45, 7) is 0.690. The van der Waals surface area contributed by atoms with Gasteiger partial charge in [-0.2, -0.15) is 0 Å². The summed E-state index contributed by atoms with van der Waals surface area (Å²) in [4.78, 5) is 0. The summed E-state index contributed by atoms with van der Waals surface area (Å²) in [5.74, 6) is 5.20. The van der Waals surface area contributed by atoms with Crippen LogP contribution in [0.4, 0.5) is 5.69 Å². The van der Waals surface area contributed by atoms with Gasteiger partial charge in [0.15, 0.2) is 0 Å². The van der Waals surface area contributed by atoms with Crippen molar-refractivity contribution >= 4 is 5.69 Å². The van der Waals surface area contributed by atoms with Crippen LogP contribution >= 0.6 is 0 Å². The standard InChI is InChI=1S/C8H13N3/c9-6-5-7-1-3-8(11-10)4-2-7/h1-4,11H,5-6,9-10H2. The molecule has 0 spiro atoms. The molecule has 0 unspecified atom stereocenters. The summed E-state index contributed by atoms with van der Waals surface area (Å²) in [5.41, 5.74) is 10.1. The Kier molecular flexibility index (Phi) is 2.89. The Hall–Kier alpha value is -1.06. The van der Waals surface area contributed by atoms with Crippen LogP contribution in [0, 0.1) is 0 Å². The largest absolute Gasteiger partial charge is 0.330 e. The van der Waals surface area contributed by atoms with Crippen molar-refractivity contribution in [2.75, 3.05) is 12.0 Å². The lowest BCUT2D eigenvalue weighted by atomic mass is 10.1. The molecule has 11 heavy (non-hydrogen) atoms. The highest BCUT2D eigenvalue weighted by atomic mass is 15.2. The maximum absolute atomic E-state index is 5.39. The van der Waals surface area contributed by atoms with Gasteiger partial charge >= 0.3 is 0 Å². The zero-order valence-electron chi connectivity index (χ0n) is 6.38. The average molecular weight is 151 g/mol. The van der Waals surface area contributed by atoms with E-state index in [0.29, 0.717) is 6.54 Å². The minimum absolute atomic E-state index is 0.690. The van der Waals surface area contributed by atoms with Gasteiger partial charge in [0.25, 0.3) is 0 Å². The predicted octanol–water partition coefficient (Wildman–Crippen LogP) is 0.473. The topological polar surface area (TPSA) is 64.1 Å². The molecule has 0 saturated carbocycles. The highest BCUT2D eigenvalue weighted by Crippen LogP contribution is 2.07. The van der Waals surface area contributed by atoms with Gasteiger partial charge in [-0.3, -0.25) is 5.84 Å². The summed E-state index contributed by atoms with van der Waals surface area (Å²) in [6, 6.07) is 7.90. The first-order valence-corrected chi connectivity index (χ1v) is 3.62. The van der Waals surface area contributed by atoms with Gasteiger partial charge in [0.05, 0.1) is 0 Å². The van der Waals surface area contributed by atoms with Crippen LogP contribution in [0.5, 0.6) is 0 Å². The van der Waals surface area contributed by atoms with Gasteiger partial charge in [-0.1, -0.05) is 12.1 Å². The second-order valence-corrected chi connectivity index (χ2v) is 2.38. The molecule has 1 aromatic rings. The quantitative estimate of drug-likeness (QED) is 0.434. The van der Waals surface area contributed by atoms with Crippen LogP contribution in [-0.2, 0) is 6.42 Å². The Morgan fingerprint density at radius 2 is 1.82 bits per heavy atom. The van der Waals surface area contributed by atoms with Crippen LogP contribution in [0.3, 0.4) is 0 Å². The third-order valence-corrected chi connectivity index (χ3v) is 1.55. The summed E-state index contributed by atoms with van der Waals surface area (Å²) in [7, 11) is 0. The molecule has 0 atom stereocenters. The molecular weight excluding hydrogens is 138 g/mol. The van der Waals surface area contributed by atoms with E-state index in [0.717, 1.165) is 12.1 Å². The van der Waals surface area contributed by atoms with E-state index in [4.69, 9.17) is 11.6 Å². The first kappa shape index (κ1) is 8.04. The fraction of sp³-hybridized carbons (Fsp3) is 0.250. The first-order valence-electron chi connectivity index (χ1n) is 3.62. The van der Waals surface area contributed by atoms with Crippen LogP contribution in [0.15, 0.2) is 24.3 Å². The Balaban J connectivity index is 2.66. The maximum atomic E-state index is 5.39. The molecule has 0 aliphatic rings. The maximum Gasteiger partial charge on any atom is 0.0485 e. The Morgan fingerprint density at radius 1 is 1.18 bits per heavy atom. The highest BCUT2D eigenvalue weighted by molar-refractivity contribution is 5.43. The Bertz CT molecular complexity index is 205. The van der Waals surface area contributed by atoms with Crippen LogP contribution in [0.1, 0.15) is 5.56 Å². The highest BCUT2D eigenvalue weighted by Gasteiger charge is 1.90. The van der Waals surface area contributed by atoms with Crippen LogP contribution in [-0.4, -0.2) is 6.54 Å². The van der Waals surface area contributed by atoms with Gasteiger partial charge < -0.3 is 11.2 Å². The van der Waals surface area contributed by atoms with Crippen molar-refractivity contribution < 1.29 is 0 Å². The number of nitrogens with one attached hydrogen (secondary N) is 1. The van der Waals surface area contributed by atoms with E-state index in [-0.39, 0.29) is 0 Å². The molecular formula is C8H13N3. The van der Waals surface area contributed by atoms with E-state index >= 15 is 0 Å². The monoisotopic (exact) mass is 151 g/mol. The minimum Gasteiger partial charge on any atom is -0.330 e. The van der Waals surface area contributed by atoms with Crippen LogP contribution < -0.4 is 17.0 Å². The lowest BCUT2D eigenvalue weighted by Crippen LogP contribution is -2.07. The van der Waals surface area contributed by atoms with E-state index in [2.05, 4.69) is 5.43 Å². The first-order chi connectivity index (χ1) is 5.36. The van der Waals surface area contributed by atoms with E-state index in [1.807, 2.05) is 24.3 Å². The predicted molar refractivity (Wildman–Crippen MR) is 47.0 cm³/mol. The summed E-state index contributed by atoms with van der Waals surface area (Å²) < 4.78 is 0. The fourth-order valence-corrected chi connectivity index (χ4v) is 0.934. The lowest BCUT2D eigenvalue weighted by Gasteiger charge is -2.01. The van der Waals surface area contributed by atoms with E-state index < -0.39 is 0 Å². The van der Waals surface area contributed by atoms with Crippen molar-refractivity contribution in [3.05, 3.63) is 29.8 Å². The summed E-state index contributed by atoms with van der Waals surface area (Å²) in [6.07, 6.45) is 0.921. The van der Waals surface area contributed by atoms with Crippen molar-refractivity contribution in [3.63, 3.8) is 0 Å². The Morgan fingerprint density at radius 3 is 2.27 bits per heavy atom. The molecule has 5 N–H and O–H groups in total. The van der Waals surface area contributed by atoms with Gasteiger partial charge in [0.1, 0.15) is 0 Å². The second kappa shape index (κ2) is 3.95. The molecule has 0 saturated heterocycles. The van der Waals surface area contributed by atoms with Crippen molar-refractivity contribution in [1.29, 1.82) is 0 Å². The number of hydrogen-bond donors (Lipinski definition) is 3. The smallest absolute Gasteiger partial charge is 0.0485 e. The van der Waals surface area contributed by atoms with Crippen molar-refractivity contribution in [2.45, 2.75) is 6.42 Å². The molecule has 3 heteroatoms. The number of nitrogen functional groups attached to an aromatic ring is 1.